The maximum atomic E-state index is 4.75. The van der Waals surface area contributed by atoms with Gasteiger partial charge in [0.2, 0.25) is 0 Å². The highest BCUT2D eigenvalue weighted by atomic mass is 15.2. The van der Waals surface area contributed by atoms with Gasteiger partial charge in [-0.25, -0.2) is 15.0 Å². The molecule has 0 aliphatic carbocycles. The molecule has 1 aliphatic heterocycles. The molecule has 0 atom stereocenters. The van der Waals surface area contributed by atoms with E-state index < -0.39 is 0 Å². The Morgan fingerprint density at radius 2 is 1.95 bits per heavy atom. The Kier molecular flexibility index (Phi) is 3.25. The highest BCUT2D eigenvalue weighted by Gasteiger charge is 2.23. The summed E-state index contributed by atoms with van der Waals surface area (Å²) in [6, 6.07) is 10.3. The van der Waals surface area contributed by atoms with Crippen molar-refractivity contribution in [2.24, 2.45) is 0 Å². The Balaban J connectivity index is 1.49. The predicted octanol–water partition coefficient (Wildman–Crippen LogP) is 3.05. The average Bonchev–Trinajstić information content (AvgIpc) is 2.99. The average molecular weight is 293 g/mol. The number of nitrogens with one attached hydrogen (secondary N) is 1. The van der Waals surface area contributed by atoms with E-state index in [1.165, 1.54) is 0 Å². The molecule has 1 fully saturated rings. The van der Waals surface area contributed by atoms with Crippen LogP contribution in [-0.2, 0) is 0 Å². The van der Waals surface area contributed by atoms with Gasteiger partial charge >= 0.3 is 0 Å². The van der Waals surface area contributed by atoms with Gasteiger partial charge in [-0.05, 0) is 31.9 Å². The SMILES string of the molecule is Cc1cc(N2CCC(c3nc4ccccc4[nH]3)CC2)ncn1. The van der Waals surface area contributed by atoms with Gasteiger partial charge in [0.15, 0.2) is 0 Å². The molecule has 3 aromatic rings. The number of imidazole rings is 1. The summed E-state index contributed by atoms with van der Waals surface area (Å²) in [7, 11) is 0. The molecule has 2 aromatic heterocycles. The third-order valence-corrected chi connectivity index (χ3v) is 4.40. The lowest BCUT2D eigenvalue weighted by molar-refractivity contribution is 0.487. The molecule has 0 amide bonds. The summed E-state index contributed by atoms with van der Waals surface area (Å²) in [6.07, 6.45) is 3.85. The molecule has 22 heavy (non-hydrogen) atoms. The maximum Gasteiger partial charge on any atom is 0.132 e. The van der Waals surface area contributed by atoms with Crippen LogP contribution in [0.15, 0.2) is 36.7 Å². The minimum absolute atomic E-state index is 0.506. The number of nitrogens with zero attached hydrogens (tertiary/aromatic N) is 4. The number of hydrogen-bond donors (Lipinski definition) is 1. The van der Waals surface area contributed by atoms with E-state index >= 15 is 0 Å². The van der Waals surface area contributed by atoms with Crippen LogP contribution in [0.4, 0.5) is 5.82 Å². The molecule has 0 unspecified atom stereocenters. The molecule has 3 heterocycles. The number of aromatic amines is 1. The van der Waals surface area contributed by atoms with Crippen LogP contribution in [0.2, 0.25) is 0 Å². The molecule has 5 nitrogen and oxygen atoms in total. The zero-order valence-corrected chi connectivity index (χ0v) is 12.7. The fourth-order valence-corrected chi connectivity index (χ4v) is 3.16. The second-order valence-corrected chi connectivity index (χ2v) is 5.92. The smallest absolute Gasteiger partial charge is 0.132 e. The summed E-state index contributed by atoms with van der Waals surface area (Å²) in [6.45, 7) is 4.03. The molecule has 1 aromatic carbocycles. The van der Waals surface area contributed by atoms with Gasteiger partial charge in [0.05, 0.1) is 11.0 Å². The van der Waals surface area contributed by atoms with Gasteiger partial charge in [-0.2, -0.15) is 0 Å². The molecule has 0 spiro atoms. The first-order valence-corrected chi connectivity index (χ1v) is 7.78. The number of rotatable bonds is 2. The highest BCUT2D eigenvalue weighted by molar-refractivity contribution is 5.74. The molecule has 0 radical (unpaired) electrons. The first-order chi connectivity index (χ1) is 10.8. The Labute approximate surface area is 129 Å². The Morgan fingerprint density at radius 1 is 1.14 bits per heavy atom. The summed E-state index contributed by atoms with van der Waals surface area (Å²) >= 11 is 0. The zero-order valence-electron chi connectivity index (χ0n) is 12.7. The molecule has 0 bridgehead atoms. The van der Waals surface area contributed by atoms with Crippen LogP contribution in [0.1, 0.15) is 30.3 Å². The number of para-hydroxylation sites is 2. The summed E-state index contributed by atoms with van der Waals surface area (Å²) in [5, 5.41) is 0. The van der Waals surface area contributed by atoms with Gasteiger partial charge in [-0.3, -0.25) is 0 Å². The van der Waals surface area contributed by atoms with Crippen molar-refractivity contribution in [2.75, 3.05) is 18.0 Å². The second kappa shape index (κ2) is 5.40. The van der Waals surface area contributed by atoms with Crippen molar-refractivity contribution in [3.05, 3.63) is 48.2 Å². The van der Waals surface area contributed by atoms with E-state index in [0.717, 1.165) is 54.3 Å². The summed E-state index contributed by atoms with van der Waals surface area (Å²) in [5.41, 5.74) is 3.21. The summed E-state index contributed by atoms with van der Waals surface area (Å²) in [4.78, 5) is 19.1. The predicted molar refractivity (Wildman–Crippen MR) is 87.1 cm³/mol. The lowest BCUT2D eigenvalue weighted by Gasteiger charge is -2.31. The standard InChI is InChI=1S/C17H19N5/c1-12-10-16(19-11-18-12)22-8-6-13(7-9-22)17-20-14-4-2-3-5-15(14)21-17/h2-5,10-11,13H,6-9H2,1H3,(H,20,21). The first-order valence-electron chi connectivity index (χ1n) is 7.78. The third-order valence-electron chi connectivity index (χ3n) is 4.40. The fraction of sp³-hybridized carbons (Fsp3) is 0.353. The molecular formula is C17H19N5. The molecule has 0 saturated carbocycles. The van der Waals surface area contributed by atoms with Gasteiger partial charge in [0.25, 0.3) is 0 Å². The van der Waals surface area contributed by atoms with Crippen LogP contribution in [0.5, 0.6) is 0 Å². The van der Waals surface area contributed by atoms with Crippen LogP contribution in [0.25, 0.3) is 11.0 Å². The maximum absolute atomic E-state index is 4.75. The molecule has 4 rings (SSSR count). The number of H-pyrrole nitrogens is 1. The van der Waals surface area contributed by atoms with Crippen molar-refractivity contribution in [2.45, 2.75) is 25.7 Å². The normalized spacial score (nSPS) is 16.3. The molecule has 1 saturated heterocycles. The van der Waals surface area contributed by atoms with Gasteiger partial charge in [-0.1, -0.05) is 12.1 Å². The van der Waals surface area contributed by atoms with Crippen LogP contribution in [0.3, 0.4) is 0 Å². The lowest BCUT2D eigenvalue weighted by atomic mass is 9.96. The zero-order chi connectivity index (χ0) is 14.9. The Morgan fingerprint density at radius 3 is 2.73 bits per heavy atom. The van der Waals surface area contributed by atoms with Crippen molar-refractivity contribution < 1.29 is 0 Å². The van der Waals surface area contributed by atoms with E-state index in [0.29, 0.717) is 5.92 Å². The van der Waals surface area contributed by atoms with Gasteiger partial charge in [0, 0.05) is 30.8 Å². The van der Waals surface area contributed by atoms with E-state index in [1.54, 1.807) is 6.33 Å². The monoisotopic (exact) mass is 293 g/mol. The topological polar surface area (TPSA) is 57.7 Å². The van der Waals surface area contributed by atoms with Crippen LogP contribution in [-0.4, -0.2) is 33.0 Å². The number of aromatic nitrogens is 4. The number of fused-ring (bicyclic) bond motifs is 1. The number of anilines is 1. The van der Waals surface area contributed by atoms with Crippen LogP contribution >= 0.6 is 0 Å². The Bertz CT molecular complexity index is 753. The molecule has 1 aliphatic rings. The summed E-state index contributed by atoms with van der Waals surface area (Å²) in [5.74, 6) is 2.67. The van der Waals surface area contributed by atoms with E-state index in [-0.39, 0.29) is 0 Å². The van der Waals surface area contributed by atoms with Crippen molar-refractivity contribution in [1.82, 2.24) is 19.9 Å². The highest BCUT2D eigenvalue weighted by Crippen LogP contribution is 2.29. The summed E-state index contributed by atoms with van der Waals surface area (Å²) < 4.78 is 0. The molecule has 112 valence electrons. The largest absolute Gasteiger partial charge is 0.356 e. The number of benzene rings is 1. The lowest BCUT2D eigenvalue weighted by Crippen LogP contribution is -2.33. The molecule has 5 heteroatoms. The van der Waals surface area contributed by atoms with E-state index in [4.69, 9.17) is 4.98 Å². The van der Waals surface area contributed by atoms with Crippen LogP contribution in [0, 0.1) is 6.92 Å². The van der Waals surface area contributed by atoms with Crippen molar-refractivity contribution in [1.29, 1.82) is 0 Å². The fourth-order valence-electron chi connectivity index (χ4n) is 3.16. The minimum Gasteiger partial charge on any atom is -0.356 e. The van der Waals surface area contributed by atoms with Crippen LogP contribution < -0.4 is 4.90 Å². The number of aryl methyl sites for hydroxylation is 1. The van der Waals surface area contributed by atoms with E-state index in [1.807, 2.05) is 19.1 Å². The van der Waals surface area contributed by atoms with Gasteiger partial charge in [-0.15, -0.1) is 0 Å². The molecular weight excluding hydrogens is 274 g/mol. The number of piperidine rings is 1. The first kappa shape index (κ1) is 13.2. The van der Waals surface area contributed by atoms with Crippen molar-refractivity contribution in [3.63, 3.8) is 0 Å². The van der Waals surface area contributed by atoms with Gasteiger partial charge in [0.1, 0.15) is 18.0 Å². The Hall–Kier alpha value is -2.43. The third kappa shape index (κ3) is 2.43. The number of hydrogen-bond acceptors (Lipinski definition) is 4. The van der Waals surface area contributed by atoms with Crippen molar-refractivity contribution >= 4 is 16.9 Å². The van der Waals surface area contributed by atoms with Crippen molar-refractivity contribution in [3.8, 4) is 0 Å². The minimum atomic E-state index is 0.506. The van der Waals surface area contributed by atoms with Gasteiger partial charge < -0.3 is 9.88 Å². The molecule has 1 N–H and O–H groups in total. The quantitative estimate of drug-likeness (QED) is 0.789. The second-order valence-electron chi connectivity index (χ2n) is 5.92. The van der Waals surface area contributed by atoms with E-state index in [9.17, 15) is 0 Å². The van der Waals surface area contributed by atoms with E-state index in [2.05, 4.69) is 38.1 Å².